The predicted octanol–water partition coefficient (Wildman–Crippen LogP) is 1.22. The normalized spacial score (nSPS) is 11.8. The first-order valence-corrected chi connectivity index (χ1v) is 8.06. The van der Waals surface area contributed by atoms with Crippen LogP contribution in [-0.2, 0) is 0 Å². The first-order chi connectivity index (χ1) is 12.9. The second-order valence-electron chi connectivity index (χ2n) is 6.05. The Morgan fingerprint density at radius 1 is 1.37 bits per heavy atom. The number of benzene rings is 1. The zero-order chi connectivity index (χ0) is 19.6. The third kappa shape index (κ3) is 3.61. The van der Waals surface area contributed by atoms with Gasteiger partial charge in [0.15, 0.2) is 5.69 Å². The number of carbonyl (C=O) groups excluding carboxylic acids is 1. The number of amides is 1. The molecule has 0 aliphatic carbocycles. The van der Waals surface area contributed by atoms with Crippen LogP contribution in [0.25, 0.3) is 5.82 Å². The summed E-state index contributed by atoms with van der Waals surface area (Å²) in [4.78, 5) is 12.6. The average molecular weight is 370 g/mol. The van der Waals surface area contributed by atoms with Crippen LogP contribution < -0.4 is 11.2 Å². The smallest absolute Gasteiger partial charge is 0.293 e. The van der Waals surface area contributed by atoms with Crippen molar-refractivity contribution in [3.05, 3.63) is 41.2 Å². The highest BCUT2D eigenvalue weighted by molar-refractivity contribution is 6.00. The van der Waals surface area contributed by atoms with Crippen LogP contribution in [0.4, 0.5) is 5.82 Å². The quantitative estimate of drug-likeness (QED) is 0.447. The number of phenols is 1. The van der Waals surface area contributed by atoms with Crippen LogP contribution in [0, 0.1) is 0 Å². The minimum absolute atomic E-state index is 0.0338. The third-order valence-corrected chi connectivity index (χ3v) is 3.75. The van der Waals surface area contributed by atoms with Gasteiger partial charge in [0.2, 0.25) is 11.6 Å². The molecule has 1 aromatic carbocycles. The summed E-state index contributed by atoms with van der Waals surface area (Å²) in [6.45, 7) is 5.45. The van der Waals surface area contributed by atoms with E-state index in [1.165, 1.54) is 4.68 Å². The van der Waals surface area contributed by atoms with Crippen molar-refractivity contribution in [3.8, 4) is 11.6 Å². The van der Waals surface area contributed by atoms with Gasteiger partial charge in [0, 0.05) is 5.56 Å². The third-order valence-electron chi connectivity index (χ3n) is 3.75. The van der Waals surface area contributed by atoms with E-state index in [0.717, 1.165) is 0 Å². The molecule has 27 heavy (non-hydrogen) atoms. The van der Waals surface area contributed by atoms with Crippen molar-refractivity contribution in [1.82, 2.24) is 30.7 Å². The van der Waals surface area contributed by atoms with Gasteiger partial charge in [-0.15, -0.1) is 5.10 Å². The second-order valence-corrected chi connectivity index (χ2v) is 6.05. The van der Waals surface area contributed by atoms with Crippen LogP contribution in [0.5, 0.6) is 5.75 Å². The number of hydrazone groups is 1. The van der Waals surface area contributed by atoms with Gasteiger partial charge in [-0.3, -0.25) is 4.79 Å². The Kier molecular flexibility index (Phi) is 4.83. The number of anilines is 1. The molecule has 0 fully saturated rings. The Labute approximate surface area is 153 Å². The van der Waals surface area contributed by atoms with Crippen LogP contribution in [0.1, 0.15) is 48.4 Å². The highest BCUT2D eigenvalue weighted by atomic mass is 16.6. The fourth-order valence-electron chi connectivity index (χ4n) is 2.45. The van der Waals surface area contributed by atoms with Gasteiger partial charge in [0.1, 0.15) is 5.75 Å². The number of hydrogen-bond donors (Lipinski definition) is 3. The largest absolute Gasteiger partial charge is 0.508 e. The van der Waals surface area contributed by atoms with Crippen molar-refractivity contribution in [2.24, 2.45) is 5.10 Å². The molecule has 0 atom stereocenters. The lowest BCUT2D eigenvalue weighted by atomic mass is 10.1. The van der Waals surface area contributed by atoms with E-state index in [0.29, 0.717) is 17.0 Å². The van der Waals surface area contributed by atoms with Crippen LogP contribution in [0.3, 0.4) is 0 Å². The molecule has 0 radical (unpaired) electrons. The minimum atomic E-state index is -0.542. The molecule has 0 spiro atoms. The number of carbonyl (C=O) groups is 1. The molecule has 0 aliphatic rings. The number of aromatic nitrogens is 5. The standard InChI is InChI=1S/C16H18N8O3/c1-8(2)13-12(19-23-24(13)15-14(17)21-27-22-15)16(26)20-18-9(3)10-5-4-6-11(25)7-10/h4-8,25H,1-3H3,(H2,17,21)(H,20,26)/b18-9+. The zero-order valence-corrected chi connectivity index (χ0v) is 14.9. The van der Waals surface area contributed by atoms with Crippen molar-refractivity contribution in [3.63, 3.8) is 0 Å². The molecule has 11 heteroatoms. The van der Waals surface area contributed by atoms with Gasteiger partial charge in [-0.05, 0) is 35.3 Å². The molecule has 0 saturated heterocycles. The van der Waals surface area contributed by atoms with E-state index in [1.54, 1.807) is 31.2 Å². The molecule has 3 rings (SSSR count). The highest BCUT2D eigenvalue weighted by Crippen LogP contribution is 2.22. The fourth-order valence-corrected chi connectivity index (χ4v) is 2.45. The molecule has 0 bridgehead atoms. The topological polar surface area (TPSA) is 157 Å². The molecular formula is C16H18N8O3. The molecule has 0 unspecified atom stereocenters. The van der Waals surface area contributed by atoms with Crippen molar-refractivity contribution in [2.45, 2.75) is 26.7 Å². The van der Waals surface area contributed by atoms with Crippen molar-refractivity contribution in [2.75, 3.05) is 5.73 Å². The summed E-state index contributed by atoms with van der Waals surface area (Å²) in [5.41, 5.74) is 9.91. The number of hydrogen-bond acceptors (Lipinski definition) is 9. The molecule has 2 heterocycles. The Morgan fingerprint density at radius 3 is 2.78 bits per heavy atom. The van der Waals surface area contributed by atoms with Crippen LogP contribution in [0.2, 0.25) is 0 Å². The van der Waals surface area contributed by atoms with Gasteiger partial charge in [-0.1, -0.05) is 31.2 Å². The average Bonchev–Trinajstić information content (AvgIpc) is 3.25. The number of nitrogens with two attached hydrogens (primary N) is 1. The van der Waals surface area contributed by atoms with E-state index >= 15 is 0 Å². The number of rotatable bonds is 5. The summed E-state index contributed by atoms with van der Waals surface area (Å²) in [5.74, 6) is -0.360. The summed E-state index contributed by atoms with van der Waals surface area (Å²) in [5, 5.41) is 28.7. The first kappa shape index (κ1) is 18.0. The second kappa shape index (κ2) is 7.23. The number of nitrogens with one attached hydrogen (secondary N) is 1. The molecule has 4 N–H and O–H groups in total. The molecule has 0 saturated carbocycles. The van der Waals surface area contributed by atoms with Crippen LogP contribution in [0.15, 0.2) is 34.0 Å². The van der Waals surface area contributed by atoms with E-state index in [-0.39, 0.29) is 29.0 Å². The van der Waals surface area contributed by atoms with E-state index in [4.69, 9.17) is 5.73 Å². The zero-order valence-electron chi connectivity index (χ0n) is 14.9. The highest BCUT2D eigenvalue weighted by Gasteiger charge is 2.25. The summed E-state index contributed by atoms with van der Waals surface area (Å²) in [7, 11) is 0. The van der Waals surface area contributed by atoms with E-state index < -0.39 is 5.91 Å². The van der Waals surface area contributed by atoms with Crippen molar-refractivity contribution >= 4 is 17.4 Å². The molecule has 2 aromatic heterocycles. The molecule has 3 aromatic rings. The van der Waals surface area contributed by atoms with Gasteiger partial charge in [0.25, 0.3) is 5.91 Å². The molecule has 1 amide bonds. The van der Waals surface area contributed by atoms with Gasteiger partial charge >= 0.3 is 0 Å². The summed E-state index contributed by atoms with van der Waals surface area (Å²) < 4.78 is 5.90. The molecule has 140 valence electrons. The lowest BCUT2D eigenvalue weighted by molar-refractivity contribution is 0.0948. The number of aromatic hydroxyl groups is 1. The maximum absolute atomic E-state index is 12.6. The van der Waals surface area contributed by atoms with Crippen molar-refractivity contribution in [1.29, 1.82) is 0 Å². The summed E-state index contributed by atoms with van der Waals surface area (Å²) >= 11 is 0. The Morgan fingerprint density at radius 2 is 2.15 bits per heavy atom. The van der Waals surface area contributed by atoms with E-state index in [9.17, 15) is 9.90 Å². The lowest BCUT2D eigenvalue weighted by Gasteiger charge is -2.08. The van der Waals surface area contributed by atoms with E-state index in [2.05, 4.69) is 35.8 Å². The van der Waals surface area contributed by atoms with Gasteiger partial charge in [-0.2, -0.15) is 9.78 Å². The first-order valence-electron chi connectivity index (χ1n) is 8.06. The lowest BCUT2D eigenvalue weighted by Crippen LogP contribution is -2.22. The molecular weight excluding hydrogens is 352 g/mol. The Balaban J connectivity index is 1.88. The maximum Gasteiger partial charge on any atom is 0.293 e. The summed E-state index contributed by atoms with van der Waals surface area (Å²) in [6.07, 6.45) is 0. The fraction of sp³-hybridized carbons (Fsp3) is 0.250. The minimum Gasteiger partial charge on any atom is -0.508 e. The summed E-state index contributed by atoms with van der Waals surface area (Å²) in [6, 6.07) is 6.54. The molecule has 0 aliphatic heterocycles. The predicted molar refractivity (Wildman–Crippen MR) is 95.5 cm³/mol. The SMILES string of the molecule is C/C(=N\NC(=O)c1nnn(-c2nonc2N)c1C(C)C)c1cccc(O)c1. The molecule has 11 nitrogen and oxygen atoms in total. The van der Waals surface area contributed by atoms with Gasteiger partial charge in [0.05, 0.1) is 11.4 Å². The van der Waals surface area contributed by atoms with Crippen LogP contribution in [-0.4, -0.2) is 42.0 Å². The van der Waals surface area contributed by atoms with E-state index in [1.807, 2.05) is 13.8 Å². The number of nitrogen functional groups attached to an aromatic ring is 1. The Hall–Kier alpha value is -3.76. The Bertz CT molecular complexity index is 1000. The monoisotopic (exact) mass is 370 g/mol. The maximum atomic E-state index is 12.6. The van der Waals surface area contributed by atoms with Crippen molar-refractivity contribution < 1.29 is 14.5 Å². The number of phenolic OH excluding ortho intramolecular Hbond substituents is 1. The van der Waals surface area contributed by atoms with Gasteiger partial charge < -0.3 is 10.8 Å². The van der Waals surface area contributed by atoms with Gasteiger partial charge in [-0.25, -0.2) is 10.1 Å². The van der Waals surface area contributed by atoms with Crippen LogP contribution >= 0.6 is 0 Å². The number of nitrogens with zero attached hydrogens (tertiary/aromatic N) is 6.